The molecule has 0 saturated carbocycles. The second kappa shape index (κ2) is 12.6. The minimum Gasteiger partial charge on any atom is -0.478 e. The highest BCUT2D eigenvalue weighted by molar-refractivity contribution is 5.99. The van der Waals surface area contributed by atoms with Crippen LogP contribution >= 0.6 is 0 Å². The molecule has 224 valence electrons. The average molecular weight is 596 g/mol. The van der Waals surface area contributed by atoms with Gasteiger partial charge in [-0.05, 0) is 37.5 Å². The van der Waals surface area contributed by atoms with Crippen molar-refractivity contribution in [1.29, 1.82) is 5.26 Å². The molecule has 12 nitrogen and oxygen atoms in total. The molecule has 12 heteroatoms. The third kappa shape index (κ3) is 6.17. The maximum absolute atomic E-state index is 11.8. The van der Waals surface area contributed by atoms with E-state index in [-0.39, 0.29) is 40.7 Å². The van der Waals surface area contributed by atoms with Gasteiger partial charge in [-0.2, -0.15) is 5.26 Å². The zero-order valence-electron chi connectivity index (χ0n) is 24.4. The number of rotatable bonds is 7. The number of ketones is 1. The monoisotopic (exact) mass is 595 g/mol. The van der Waals surface area contributed by atoms with Gasteiger partial charge in [0.1, 0.15) is 11.9 Å². The number of carbonyl (C=O) groups is 3. The molecule has 0 bridgehead atoms. The first-order valence-corrected chi connectivity index (χ1v) is 13.5. The lowest BCUT2D eigenvalue weighted by Gasteiger charge is -2.26. The molecule has 44 heavy (non-hydrogen) atoms. The van der Waals surface area contributed by atoms with Crippen molar-refractivity contribution in [3.63, 3.8) is 0 Å². The Bertz CT molecular complexity index is 1880. The quantitative estimate of drug-likeness (QED) is 0.218. The Morgan fingerprint density at radius 2 is 1.77 bits per heavy atom. The average Bonchev–Trinajstić information content (AvgIpc) is 3.36. The number of nitriles is 1. The highest BCUT2D eigenvalue weighted by atomic mass is 16.6. The van der Waals surface area contributed by atoms with E-state index in [1.165, 1.54) is 24.0 Å². The van der Waals surface area contributed by atoms with Crippen LogP contribution in [0.25, 0.3) is 28.0 Å². The first kappa shape index (κ1) is 31.1. The Balaban J connectivity index is 0.000000236. The van der Waals surface area contributed by atoms with Gasteiger partial charge in [0.2, 0.25) is 0 Å². The molecule has 0 spiro atoms. The number of carboxylic acids is 2. The van der Waals surface area contributed by atoms with Crippen LogP contribution < -0.4 is 0 Å². The van der Waals surface area contributed by atoms with Crippen LogP contribution in [-0.2, 0) is 20.8 Å². The highest BCUT2D eigenvalue weighted by Gasteiger charge is 2.29. The fraction of sp³-hybridized carbons (Fsp3) is 0.219. The van der Waals surface area contributed by atoms with Crippen molar-refractivity contribution in [2.24, 2.45) is 5.92 Å². The van der Waals surface area contributed by atoms with Crippen LogP contribution in [-0.4, -0.2) is 61.4 Å². The van der Waals surface area contributed by atoms with Crippen molar-refractivity contribution in [3.8, 4) is 23.1 Å². The SMILES string of the molecule is CC(=O)Cc1c(C#N)cn(-c2ccc([N+](=O)[O-])cc2)c2c3ccccc3nc1-2.CC1C=C(C(=O)O)C(N(C)C)=C(C(=O)O)C1. The number of hydrogen-bond acceptors (Lipinski definition) is 8. The summed E-state index contributed by atoms with van der Waals surface area (Å²) in [5.41, 5.74) is 4.24. The van der Waals surface area contributed by atoms with E-state index in [1.807, 2.05) is 24.3 Å². The van der Waals surface area contributed by atoms with Crippen molar-refractivity contribution < 1.29 is 29.5 Å². The normalized spacial score (nSPS) is 14.3. The molecule has 0 radical (unpaired) electrons. The number of aliphatic carboxylic acids is 2. The van der Waals surface area contributed by atoms with Gasteiger partial charge in [-0.3, -0.25) is 14.9 Å². The number of nitrogens with zero attached hydrogens (tertiary/aromatic N) is 5. The largest absolute Gasteiger partial charge is 0.478 e. The molecule has 0 fully saturated rings. The first-order valence-electron chi connectivity index (χ1n) is 13.5. The summed E-state index contributed by atoms with van der Waals surface area (Å²) in [5, 5.41) is 39.6. The van der Waals surface area contributed by atoms with Crippen LogP contribution in [0.4, 0.5) is 5.69 Å². The van der Waals surface area contributed by atoms with Gasteiger partial charge in [0.15, 0.2) is 0 Å². The van der Waals surface area contributed by atoms with E-state index < -0.39 is 16.9 Å². The molecule has 2 aromatic rings. The lowest BCUT2D eigenvalue weighted by molar-refractivity contribution is -0.384. The number of carbonyl (C=O) groups excluding carboxylic acids is 1. The molecule has 3 aliphatic rings. The van der Waals surface area contributed by atoms with Crippen LogP contribution in [0, 0.1) is 27.4 Å². The van der Waals surface area contributed by atoms with E-state index in [4.69, 9.17) is 10.2 Å². The van der Waals surface area contributed by atoms with Gasteiger partial charge in [0.05, 0.1) is 44.2 Å². The predicted molar refractivity (Wildman–Crippen MR) is 161 cm³/mol. The first-order chi connectivity index (χ1) is 20.8. The zero-order valence-corrected chi connectivity index (χ0v) is 24.4. The molecule has 2 aromatic carbocycles. The van der Waals surface area contributed by atoms with Gasteiger partial charge in [-0.1, -0.05) is 31.2 Å². The van der Waals surface area contributed by atoms with Crippen molar-refractivity contribution >= 4 is 34.3 Å². The summed E-state index contributed by atoms with van der Waals surface area (Å²) in [6.07, 6.45) is 3.74. The second-order valence-electron chi connectivity index (χ2n) is 10.6. The summed E-state index contributed by atoms with van der Waals surface area (Å²) in [6.45, 7) is 3.28. The number of allylic oxidation sites excluding steroid dienone is 1. The topological polar surface area (TPSA) is 180 Å². The van der Waals surface area contributed by atoms with Crippen molar-refractivity contribution in [3.05, 3.63) is 98.9 Å². The summed E-state index contributed by atoms with van der Waals surface area (Å²) in [7, 11) is 3.29. The Labute approximate surface area is 252 Å². The molecule has 2 N–H and O–H groups in total. The van der Waals surface area contributed by atoms with E-state index in [9.17, 15) is 29.8 Å². The molecule has 1 unspecified atom stereocenters. The van der Waals surface area contributed by atoms with Crippen molar-refractivity contribution in [1.82, 2.24) is 14.5 Å². The molecule has 2 heterocycles. The van der Waals surface area contributed by atoms with Crippen LogP contribution in [0.1, 0.15) is 31.4 Å². The predicted octanol–water partition coefficient (Wildman–Crippen LogP) is 4.98. The number of non-ortho nitro benzene ring substituents is 1. The lowest BCUT2D eigenvalue weighted by atomic mass is 9.88. The lowest BCUT2D eigenvalue weighted by Crippen LogP contribution is -2.26. The fourth-order valence-electron chi connectivity index (χ4n) is 5.26. The summed E-state index contributed by atoms with van der Waals surface area (Å²) >= 11 is 0. The maximum atomic E-state index is 11.8. The van der Waals surface area contributed by atoms with Gasteiger partial charge in [-0.15, -0.1) is 0 Å². The third-order valence-corrected chi connectivity index (χ3v) is 7.06. The Hall–Kier alpha value is -5.83. The van der Waals surface area contributed by atoms with Crippen molar-refractivity contribution in [2.45, 2.75) is 26.7 Å². The molecule has 1 aliphatic carbocycles. The van der Waals surface area contributed by atoms with Gasteiger partial charge in [0.25, 0.3) is 5.69 Å². The standard InChI is InChI=1S/C21H14N4O3.C11H15NO4/c1-13(26)10-18-14(11-22)12-24(15-6-8-16(9-7-15)25(27)28)21-17-4-2-3-5-19(17)23-20(18)21;1-6-4-7(10(13)14)9(12(2)3)8(5-6)11(15)16/h2-9,12H,10H2,1H3;4,6H,5H2,1-3H3,(H,13,14)(H,15,16). The molecular weight excluding hydrogens is 566 g/mol. The number of nitro groups is 1. The Kier molecular flexibility index (Phi) is 8.90. The van der Waals surface area contributed by atoms with Gasteiger partial charge < -0.3 is 19.7 Å². The van der Waals surface area contributed by atoms with Crippen LogP contribution in [0.2, 0.25) is 0 Å². The summed E-state index contributed by atoms with van der Waals surface area (Å²) in [5.74, 6) is -2.27. The van der Waals surface area contributed by atoms with E-state index in [0.717, 1.165) is 16.6 Å². The molecule has 0 saturated heterocycles. The second-order valence-corrected chi connectivity index (χ2v) is 10.6. The van der Waals surface area contributed by atoms with Crippen LogP contribution in [0.3, 0.4) is 0 Å². The third-order valence-electron chi connectivity index (χ3n) is 7.06. The molecule has 2 aliphatic heterocycles. The van der Waals surface area contributed by atoms with Crippen LogP contribution in [0.15, 0.2) is 77.6 Å². The van der Waals surface area contributed by atoms with E-state index >= 15 is 0 Å². The smallest absolute Gasteiger partial charge is 0.337 e. The number of Topliss-reactive ketones (excluding diaryl/α,β-unsaturated/α-hetero) is 1. The van der Waals surface area contributed by atoms with Gasteiger partial charge in [0, 0.05) is 55.5 Å². The molecule has 5 rings (SSSR count). The number of para-hydroxylation sites is 1. The summed E-state index contributed by atoms with van der Waals surface area (Å²) in [4.78, 5) is 50.6. The Morgan fingerprint density at radius 3 is 2.32 bits per heavy atom. The Morgan fingerprint density at radius 1 is 1.11 bits per heavy atom. The number of aromatic nitrogens is 2. The zero-order chi connectivity index (χ0) is 32.3. The number of pyridine rings is 1. The molecule has 1 atom stereocenters. The van der Waals surface area contributed by atoms with Gasteiger partial charge in [-0.25, -0.2) is 14.6 Å². The van der Waals surface area contributed by atoms with E-state index in [1.54, 1.807) is 50.0 Å². The number of fused-ring (bicyclic) bond motifs is 3. The maximum Gasteiger partial charge on any atom is 0.337 e. The number of nitro benzene ring substituents is 1. The number of benzene rings is 2. The van der Waals surface area contributed by atoms with E-state index in [0.29, 0.717) is 28.9 Å². The molecular formula is C32H29N5O7. The highest BCUT2D eigenvalue weighted by Crippen LogP contribution is 2.37. The van der Waals surface area contributed by atoms with Crippen molar-refractivity contribution in [2.75, 3.05) is 14.1 Å². The minimum atomic E-state index is -1.09. The summed E-state index contributed by atoms with van der Waals surface area (Å²) in [6, 6.07) is 15.8. The molecule has 0 aromatic heterocycles. The molecule has 0 amide bonds. The number of likely N-dealkylation sites (N-methyl/N-ethyl adjacent to an activating group) is 1. The number of carboxylic acid groups (broad SMARTS) is 2. The van der Waals surface area contributed by atoms with Crippen LogP contribution in [0.5, 0.6) is 0 Å². The van der Waals surface area contributed by atoms with Gasteiger partial charge >= 0.3 is 11.9 Å². The fourth-order valence-corrected chi connectivity index (χ4v) is 5.26. The van der Waals surface area contributed by atoms with E-state index in [2.05, 4.69) is 11.1 Å². The minimum absolute atomic E-state index is 0.0141. The summed E-state index contributed by atoms with van der Waals surface area (Å²) < 4.78 is 1.80. The number of hydrogen-bond donors (Lipinski definition) is 2.